The van der Waals surface area contributed by atoms with Gasteiger partial charge in [-0.3, -0.25) is 5.10 Å². The van der Waals surface area contributed by atoms with Gasteiger partial charge in [0.1, 0.15) is 5.69 Å². The van der Waals surface area contributed by atoms with Crippen LogP contribution in [0.25, 0.3) is 15.7 Å². The van der Waals surface area contributed by atoms with Crippen LogP contribution in [-0.4, -0.2) is 30.0 Å². The number of aromatic nitrogens is 6. The van der Waals surface area contributed by atoms with E-state index in [9.17, 15) is 0 Å². The van der Waals surface area contributed by atoms with Crippen LogP contribution in [0.3, 0.4) is 0 Å². The molecule has 0 aliphatic heterocycles. The normalized spacial score (nSPS) is 16.1. The molecule has 0 aromatic carbocycles. The molecule has 3 aromatic rings. The van der Waals surface area contributed by atoms with Crippen molar-refractivity contribution in [1.82, 2.24) is 30.0 Å². The van der Waals surface area contributed by atoms with E-state index < -0.39 is 0 Å². The van der Waals surface area contributed by atoms with Crippen LogP contribution >= 0.6 is 27.3 Å². The van der Waals surface area contributed by atoms with Gasteiger partial charge in [-0.15, -0.1) is 10.2 Å². The molecule has 0 radical (unpaired) electrons. The largest absolute Gasteiger partial charge is 0.281 e. The third kappa shape index (κ3) is 1.66. The second-order valence-corrected chi connectivity index (χ2v) is 6.55. The van der Waals surface area contributed by atoms with Crippen LogP contribution in [0.15, 0.2) is 4.47 Å². The first-order valence-corrected chi connectivity index (χ1v) is 7.78. The summed E-state index contributed by atoms with van der Waals surface area (Å²) in [6.07, 6.45) is 3.67. The lowest BCUT2D eigenvalue weighted by molar-refractivity contribution is 0.395. The summed E-state index contributed by atoms with van der Waals surface area (Å²) in [7, 11) is 0. The van der Waals surface area contributed by atoms with Crippen LogP contribution in [0.2, 0.25) is 0 Å². The molecule has 0 atom stereocenters. The number of nitrogens with zero attached hydrogens (tertiary/aromatic N) is 5. The fraction of sp³-hybridized carbons (Fsp3) is 0.455. The number of rotatable bonds is 2. The number of nitrogens with one attached hydrogen (secondary N) is 1. The number of hydrogen-bond donors (Lipinski definition) is 1. The molecule has 1 N–H and O–H groups in total. The highest BCUT2D eigenvalue weighted by molar-refractivity contribution is 9.10. The lowest BCUT2D eigenvalue weighted by Gasteiger charge is -2.22. The maximum absolute atomic E-state index is 4.62. The molecule has 1 aliphatic rings. The minimum absolute atomic E-state index is 0.523. The third-order valence-corrected chi connectivity index (χ3v) is 5.44. The molecule has 98 valence electrons. The van der Waals surface area contributed by atoms with Crippen molar-refractivity contribution < 1.29 is 0 Å². The Morgan fingerprint density at radius 2 is 2.21 bits per heavy atom. The zero-order valence-corrected chi connectivity index (χ0v) is 12.6. The van der Waals surface area contributed by atoms with Gasteiger partial charge in [-0.2, -0.15) is 14.7 Å². The topological polar surface area (TPSA) is 71.8 Å². The maximum Gasteiger partial charge on any atom is 0.235 e. The van der Waals surface area contributed by atoms with Crippen molar-refractivity contribution in [2.24, 2.45) is 0 Å². The molecule has 19 heavy (non-hydrogen) atoms. The summed E-state index contributed by atoms with van der Waals surface area (Å²) in [6.45, 7) is 1.97. The Hall–Kier alpha value is -1.28. The van der Waals surface area contributed by atoms with Gasteiger partial charge in [-0.05, 0) is 35.7 Å². The lowest BCUT2D eigenvalue weighted by Crippen LogP contribution is -2.13. The molecule has 6 nitrogen and oxygen atoms in total. The highest BCUT2D eigenvalue weighted by Gasteiger charge is 2.27. The molecule has 0 bridgehead atoms. The second-order valence-electron chi connectivity index (χ2n) is 4.80. The van der Waals surface area contributed by atoms with Gasteiger partial charge < -0.3 is 0 Å². The molecular weight excluding hydrogens is 328 g/mol. The van der Waals surface area contributed by atoms with Gasteiger partial charge in [0, 0.05) is 11.6 Å². The Morgan fingerprint density at radius 1 is 1.37 bits per heavy atom. The molecule has 3 heterocycles. The van der Waals surface area contributed by atoms with E-state index in [0.717, 1.165) is 31.7 Å². The summed E-state index contributed by atoms with van der Waals surface area (Å²) >= 11 is 5.05. The van der Waals surface area contributed by atoms with Gasteiger partial charge in [0.25, 0.3) is 0 Å². The standard InChI is InChI=1S/C11H11BrN6S/c1-5-7(12)8(14-13-5)10-17-18-9(6-3-2-4-6)15-16-11(18)19-10/h6H,2-4H2,1H3,(H,13,14). The van der Waals surface area contributed by atoms with Crippen LogP contribution in [-0.2, 0) is 0 Å². The summed E-state index contributed by atoms with van der Waals surface area (Å²) in [5.41, 5.74) is 1.84. The van der Waals surface area contributed by atoms with Gasteiger partial charge in [-0.1, -0.05) is 17.8 Å². The van der Waals surface area contributed by atoms with Gasteiger partial charge >= 0.3 is 0 Å². The first kappa shape index (κ1) is 11.5. The number of H-pyrrole nitrogens is 1. The van der Waals surface area contributed by atoms with Crippen molar-refractivity contribution in [1.29, 1.82) is 0 Å². The van der Waals surface area contributed by atoms with Gasteiger partial charge in [-0.25, -0.2) is 0 Å². The van der Waals surface area contributed by atoms with Crippen molar-refractivity contribution in [3.8, 4) is 10.7 Å². The summed E-state index contributed by atoms with van der Waals surface area (Å²) in [6, 6.07) is 0. The summed E-state index contributed by atoms with van der Waals surface area (Å²) in [5.74, 6) is 1.52. The van der Waals surface area contributed by atoms with Crippen LogP contribution in [0.1, 0.15) is 36.7 Å². The summed E-state index contributed by atoms with van der Waals surface area (Å²) in [5, 5.41) is 21.2. The second kappa shape index (κ2) is 4.11. The van der Waals surface area contributed by atoms with Gasteiger partial charge in [0.2, 0.25) is 4.96 Å². The molecule has 0 spiro atoms. The smallest absolute Gasteiger partial charge is 0.235 e. The van der Waals surface area contributed by atoms with Crippen molar-refractivity contribution in [3.63, 3.8) is 0 Å². The number of aromatic amines is 1. The number of hydrogen-bond acceptors (Lipinski definition) is 5. The number of aryl methyl sites for hydroxylation is 1. The summed E-state index contributed by atoms with van der Waals surface area (Å²) < 4.78 is 2.84. The fourth-order valence-electron chi connectivity index (χ4n) is 2.21. The monoisotopic (exact) mass is 338 g/mol. The first-order valence-electron chi connectivity index (χ1n) is 6.17. The molecule has 1 aliphatic carbocycles. The number of halogens is 1. The average Bonchev–Trinajstić information content (AvgIpc) is 2.96. The van der Waals surface area contributed by atoms with E-state index in [0.29, 0.717) is 5.92 Å². The summed E-state index contributed by atoms with van der Waals surface area (Å²) in [4.78, 5) is 0.837. The van der Waals surface area contributed by atoms with E-state index >= 15 is 0 Å². The molecule has 0 saturated heterocycles. The zero-order chi connectivity index (χ0) is 13.0. The molecule has 1 fully saturated rings. The highest BCUT2D eigenvalue weighted by atomic mass is 79.9. The van der Waals surface area contributed by atoms with E-state index in [1.807, 2.05) is 11.4 Å². The van der Waals surface area contributed by atoms with Crippen molar-refractivity contribution in [3.05, 3.63) is 16.0 Å². The molecule has 8 heteroatoms. The van der Waals surface area contributed by atoms with Crippen LogP contribution < -0.4 is 0 Å². The minimum atomic E-state index is 0.523. The predicted molar refractivity (Wildman–Crippen MR) is 75.3 cm³/mol. The molecule has 3 aromatic heterocycles. The van der Waals surface area contributed by atoms with Crippen molar-refractivity contribution in [2.75, 3.05) is 0 Å². The van der Waals surface area contributed by atoms with Gasteiger partial charge in [0.15, 0.2) is 10.8 Å². The van der Waals surface area contributed by atoms with E-state index in [1.165, 1.54) is 30.6 Å². The minimum Gasteiger partial charge on any atom is -0.281 e. The molecular formula is C11H11BrN6S. The van der Waals surface area contributed by atoms with Crippen molar-refractivity contribution >= 4 is 32.2 Å². The Kier molecular flexibility index (Phi) is 2.49. The highest BCUT2D eigenvalue weighted by Crippen LogP contribution is 2.37. The number of fused-ring (bicyclic) bond motifs is 1. The molecule has 0 unspecified atom stereocenters. The molecule has 4 rings (SSSR count). The van der Waals surface area contributed by atoms with Gasteiger partial charge in [0.05, 0.1) is 4.47 Å². The predicted octanol–water partition coefficient (Wildman–Crippen LogP) is 2.91. The molecule has 1 saturated carbocycles. The Bertz CT molecular complexity index is 753. The SMILES string of the molecule is Cc1[nH]nc(-c2nn3c(C4CCC4)nnc3s2)c1Br. The maximum atomic E-state index is 4.62. The zero-order valence-electron chi connectivity index (χ0n) is 10.2. The third-order valence-electron chi connectivity index (χ3n) is 3.56. The van der Waals surface area contributed by atoms with Crippen LogP contribution in [0.5, 0.6) is 0 Å². The van der Waals surface area contributed by atoms with E-state index in [2.05, 4.69) is 41.4 Å². The Balaban J connectivity index is 1.83. The Morgan fingerprint density at radius 3 is 2.84 bits per heavy atom. The van der Waals surface area contributed by atoms with Crippen LogP contribution in [0, 0.1) is 6.92 Å². The van der Waals surface area contributed by atoms with E-state index in [4.69, 9.17) is 0 Å². The Labute approximate surface area is 121 Å². The average molecular weight is 339 g/mol. The van der Waals surface area contributed by atoms with E-state index in [-0.39, 0.29) is 0 Å². The van der Waals surface area contributed by atoms with E-state index in [1.54, 1.807) is 0 Å². The first-order chi connectivity index (χ1) is 9.24. The van der Waals surface area contributed by atoms with Crippen molar-refractivity contribution in [2.45, 2.75) is 32.1 Å². The fourth-order valence-corrected chi connectivity index (χ4v) is 3.54. The lowest BCUT2D eigenvalue weighted by atomic mass is 9.85. The quantitative estimate of drug-likeness (QED) is 0.779. The molecule has 0 amide bonds. The van der Waals surface area contributed by atoms with Crippen LogP contribution in [0.4, 0.5) is 0 Å².